The second-order valence-corrected chi connectivity index (χ2v) is 5.81. The summed E-state index contributed by atoms with van der Waals surface area (Å²) in [5, 5.41) is 14.6. The van der Waals surface area contributed by atoms with Crippen molar-refractivity contribution in [1.82, 2.24) is 25.6 Å². The standard InChI is InChI=1S/C14H25N5O.ClH/c1-4-5-6-11-9-19(18-17-11)12-7-13(15-8-12)14(20)16-10(2)3;/h9-10,12-13,15H,4-8H2,1-3H3,(H,16,20);1H/t12-,13+;/m1./s1. The molecule has 1 aliphatic rings. The molecule has 0 aromatic carbocycles. The zero-order valence-electron chi connectivity index (χ0n) is 13.0. The summed E-state index contributed by atoms with van der Waals surface area (Å²) in [6, 6.07) is 0.279. The number of hydrogen-bond acceptors (Lipinski definition) is 4. The van der Waals surface area contributed by atoms with Crippen LogP contribution in [-0.4, -0.2) is 39.5 Å². The van der Waals surface area contributed by atoms with Crippen molar-refractivity contribution < 1.29 is 4.79 Å². The summed E-state index contributed by atoms with van der Waals surface area (Å²) in [7, 11) is 0. The van der Waals surface area contributed by atoms with E-state index < -0.39 is 0 Å². The lowest BCUT2D eigenvalue weighted by atomic mass is 10.1. The van der Waals surface area contributed by atoms with Gasteiger partial charge < -0.3 is 10.6 Å². The van der Waals surface area contributed by atoms with Crippen molar-refractivity contribution in [2.45, 2.75) is 64.6 Å². The molecule has 6 nitrogen and oxygen atoms in total. The van der Waals surface area contributed by atoms with Gasteiger partial charge in [-0.2, -0.15) is 0 Å². The Balaban J connectivity index is 0.00000220. The molecule has 0 saturated carbocycles. The fourth-order valence-corrected chi connectivity index (χ4v) is 2.47. The Labute approximate surface area is 132 Å². The number of amides is 1. The van der Waals surface area contributed by atoms with E-state index in [4.69, 9.17) is 0 Å². The van der Waals surface area contributed by atoms with Crippen molar-refractivity contribution in [3.63, 3.8) is 0 Å². The third kappa shape index (κ3) is 4.97. The van der Waals surface area contributed by atoms with E-state index in [0.717, 1.165) is 37.9 Å². The summed E-state index contributed by atoms with van der Waals surface area (Å²) in [5.74, 6) is 0.0776. The molecule has 0 spiro atoms. The summed E-state index contributed by atoms with van der Waals surface area (Å²) < 4.78 is 1.90. The summed E-state index contributed by atoms with van der Waals surface area (Å²) in [6.45, 7) is 6.89. The van der Waals surface area contributed by atoms with Crippen LogP contribution < -0.4 is 10.6 Å². The maximum absolute atomic E-state index is 12.0. The Kier molecular flexibility index (Phi) is 7.11. The molecule has 0 unspecified atom stereocenters. The van der Waals surface area contributed by atoms with Gasteiger partial charge in [0.1, 0.15) is 0 Å². The highest BCUT2D eigenvalue weighted by molar-refractivity contribution is 5.85. The summed E-state index contributed by atoms with van der Waals surface area (Å²) in [5.41, 5.74) is 1.04. The summed E-state index contributed by atoms with van der Waals surface area (Å²) in [6.07, 6.45) is 6.07. The molecule has 1 aliphatic heterocycles. The van der Waals surface area contributed by atoms with Gasteiger partial charge in [0.05, 0.1) is 17.8 Å². The van der Waals surface area contributed by atoms with Gasteiger partial charge in [-0.15, -0.1) is 17.5 Å². The van der Waals surface area contributed by atoms with Gasteiger partial charge in [-0.05, 0) is 33.1 Å². The number of hydrogen-bond donors (Lipinski definition) is 2. The SMILES string of the molecule is CCCCc1cn([C@H]2CN[C@H](C(=O)NC(C)C)C2)nn1.Cl. The molecule has 120 valence electrons. The van der Waals surface area contributed by atoms with Crippen molar-refractivity contribution in [2.75, 3.05) is 6.54 Å². The van der Waals surface area contributed by atoms with E-state index in [0.29, 0.717) is 0 Å². The average Bonchev–Trinajstić information content (AvgIpc) is 3.04. The number of halogens is 1. The Morgan fingerprint density at radius 3 is 3.00 bits per heavy atom. The van der Waals surface area contributed by atoms with Gasteiger partial charge in [0.25, 0.3) is 0 Å². The van der Waals surface area contributed by atoms with E-state index in [9.17, 15) is 4.79 Å². The molecule has 2 N–H and O–H groups in total. The third-order valence-corrected chi connectivity index (χ3v) is 3.57. The summed E-state index contributed by atoms with van der Waals surface area (Å²) in [4.78, 5) is 12.0. The maximum Gasteiger partial charge on any atom is 0.237 e. The lowest BCUT2D eigenvalue weighted by Crippen LogP contribution is -2.43. The Morgan fingerprint density at radius 2 is 2.33 bits per heavy atom. The van der Waals surface area contributed by atoms with Crippen LogP contribution in [0.2, 0.25) is 0 Å². The van der Waals surface area contributed by atoms with Crippen LogP contribution in [0.1, 0.15) is 51.8 Å². The monoisotopic (exact) mass is 315 g/mol. The molecule has 21 heavy (non-hydrogen) atoms. The van der Waals surface area contributed by atoms with Crippen LogP contribution in [-0.2, 0) is 11.2 Å². The molecule has 1 aromatic rings. The number of nitrogens with zero attached hydrogens (tertiary/aromatic N) is 3. The van der Waals surface area contributed by atoms with Crippen LogP contribution in [0.4, 0.5) is 0 Å². The highest BCUT2D eigenvalue weighted by Crippen LogP contribution is 2.19. The summed E-state index contributed by atoms with van der Waals surface area (Å²) >= 11 is 0. The first-order chi connectivity index (χ1) is 9.60. The quantitative estimate of drug-likeness (QED) is 0.834. The van der Waals surface area contributed by atoms with Gasteiger partial charge in [-0.1, -0.05) is 18.6 Å². The Morgan fingerprint density at radius 1 is 1.57 bits per heavy atom. The van der Waals surface area contributed by atoms with Crippen molar-refractivity contribution >= 4 is 18.3 Å². The van der Waals surface area contributed by atoms with E-state index in [2.05, 4.69) is 27.9 Å². The van der Waals surface area contributed by atoms with E-state index in [1.807, 2.05) is 24.7 Å². The first-order valence-electron chi connectivity index (χ1n) is 7.54. The van der Waals surface area contributed by atoms with Gasteiger partial charge >= 0.3 is 0 Å². The minimum Gasteiger partial charge on any atom is -0.353 e. The number of aryl methyl sites for hydroxylation is 1. The number of carbonyl (C=O) groups is 1. The van der Waals surface area contributed by atoms with Gasteiger partial charge in [0.2, 0.25) is 5.91 Å². The van der Waals surface area contributed by atoms with Crippen molar-refractivity contribution in [2.24, 2.45) is 0 Å². The number of carbonyl (C=O) groups excluding carboxylic acids is 1. The van der Waals surface area contributed by atoms with Crippen LogP contribution in [0.3, 0.4) is 0 Å². The predicted molar refractivity (Wildman–Crippen MR) is 84.6 cm³/mol. The van der Waals surface area contributed by atoms with Crippen molar-refractivity contribution in [3.05, 3.63) is 11.9 Å². The first-order valence-corrected chi connectivity index (χ1v) is 7.54. The van der Waals surface area contributed by atoms with E-state index in [-0.39, 0.29) is 36.4 Å². The highest BCUT2D eigenvalue weighted by Gasteiger charge is 2.31. The average molecular weight is 316 g/mol. The van der Waals surface area contributed by atoms with Crippen LogP contribution >= 0.6 is 12.4 Å². The second kappa shape index (κ2) is 8.34. The minimum absolute atomic E-state index is 0. The predicted octanol–water partition coefficient (Wildman–Crippen LogP) is 1.47. The van der Waals surface area contributed by atoms with E-state index in [1.54, 1.807) is 0 Å². The molecule has 2 heterocycles. The number of nitrogens with one attached hydrogen (secondary N) is 2. The fraction of sp³-hybridized carbons (Fsp3) is 0.786. The minimum atomic E-state index is -0.120. The van der Waals surface area contributed by atoms with Crippen molar-refractivity contribution in [1.29, 1.82) is 0 Å². The second-order valence-electron chi connectivity index (χ2n) is 5.81. The number of unbranched alkanes of at least 4 members (excludes halogenated alkanes) is 1. The molecule has 1 amide bonds. The van der Waals surface area contributed by atoms with Gasteiger partial charge in [0.15, 0.2) is 0 Å². The van der Waals surface area contributed by atoms with Gasteiger partial charge in [-0.3, -0.25) is 4.79 Å². The molecule has 2 atom stereocenters. The lowest BCUT2D eigenvalue weighted by molar-refractivity contribution is -0.123. The first kappa shape index (κ1) is 17.9. The van der Waals surface area contributed by atoms with E-state index in [1.165, 1.54) is 0 Å². The largest absolute Gasteiger partial charge is 0.353 e. The van der Waals surface area contributed by atoms with Crippen molar-refractivity contribution in [3.8, 4) is 0 Å². The zero-order chi connectivity index (χ0) is 14.5. The molecular weight excluding hydrogens is 290 g/mol. The Bertz CT molecular complexity index is 448. The molecule has 1 fully saturated rings. The molecule has 2 rings (SSSR count). The lowest BCUT2D eigenvalue weighted by Gasteiger charge is -2.13. The fourth-order valence-electron chi connectivity index (χ4n) is 2.47. The molecular formula is C14H26ClN5O. The van der Waals surface area contributed by atoms with Crippen LogP contribution in [0, 0.1) is 0 Å². The molecule has 7 heteroatoms. The van der Waals surface area contributed by atoms with Crippen LogP contribution in [0.5, 0.6) is 0 Å². The zero-order valence-corrected chi connectivity index (χ0v) is 13.8. The molecule has 0 aliphatic carbocycles. The Hall–Kier alpha value is -1.14. The maximum atomic E-state index is 12.0. The van der Waals surface area contributed by atoms with Gasteiger partial charge in [-0.25, -0.2) is 4.68 Å². The highest BCUT2D eigenvalue weighted by atomic mass is 35.5. The topological polar surface area (TPSA) is 71.8 Å². The van der Waals surface area contributed by atoms with E-state index >= 15 is 0 Å². The number of aromatic nitrogens is 3. The third-order valence-electron chi connectivity index (χ3n) is 3.57. The normalized spacial score (nSPS) is 21.3. The molecule has 0 bridgehead atoms. The number of rotatable bonds is 6. The smallest absolute Gasteiger partial charge is 0.237 e. The molecule has 1 saturated heterocycles. The van der Waals surface area contributed by atoms with Gasteiger partial charge in [0, 0.05) is 18.8 Å². The van der Waals surface area contributed by atoms with Crippen LogP contribution in [0.15, 0.2) is 6.20 Å². The molecule has 1 aromatic heterocycles. The molecule has 0 radical (unpaired) electrons. The van der Waals surface area contributed by atoms with Crippen LogP contribution in [0.25, 0.3) is 0 Å².